The van der Waals surface area contributed by atoms with Crippen LogP contribution in [0.15, 0.2) is 66.7 Å². The van der Waals surface area contributed by atoms with Gasteiger partial charge in [-0.2, -0.15) is 0 Å². The predicted molar refractivity (Wildman–Crippen MR) is 140 cm³/mol. The monoisotopic (exact) mass is 485 g/mol. The van der Waals surface area contributed by atoms with Gasteiger partial charge >= 0.3 is 0 Å². The van der Waals surface area contributed by atoms with Crippen LogP contribution in [-0.2, 0) is 17.6 Å². The number of hydrogen-bond acceptors (Lipinski definition) is 5. The first-order valence-electron chi connectivity index (χ1n) is 12.1. The second-order valence-electron chi connectivity index (χ2n) is 8.92. The first-order valence-corrected chi connectivity index (χ1v) is 12.1. The van der Waals surface area contributed by atoms with E-state index in [1.54, 1.807) is 21.3 Å². The molecule has 186 valence electrons. The zero-order chi connectivity index (χ0) is 25.1. The Morgan fingerprint density at radius 2 is 1.72 bits per heavy atom. The van der Waals surface area contributed by atoms with Crippen molar-refractivity contribution < 1.29 is 19.0 Å². The van der Waals surface area contributed by atoms with Crippen molar-refractivity contribution in [1.29, 1.82) is 0 Å². The van der Waals surface area contributed by atoms with Crippen molar-refractivity contribution in [3.63, 3.8) is 0 Å². The average Bonchev–Trinajstić information content (AvgIpc) is 3.31. The summed E-state index contributed by atoms with van der Waals surface area (Å²) in [6, 6.07) is 21.6. The highest BCUT2D eigenvalue weighted by Crippen LogP contribution is 2.35. The van der Waals surface area contributed by atoms with E-state index in [9.17, 15) is 4.79 Å². The molecule has 1 aliphatic rings. The number of amides is 1. The molecule has 7 nitrogen and oxygen atoms in total. The number of methoxy groups -OCH3 is 3. The van der Waals surface area contributed by atoms with Gasteiger partial charge in [0.2, 0.25) is 5.91 Å². The fourth-order valence-electron chi connectivity index (χ4n) is 4.95. The van der Waals surface area contributed by atoms with Gasteiger partial charge in [-0.3, -0.25) is 10.1 Å². The van der Waals surface area contributed by atoms with Crippen LogP contribution >= 0.6 is 0 Å². The molecule has 0 saturated carbocycles. The normalized spacial score (nSPS) is 16.9. The Bertz CT molecular complexity index is 1360. The van der Waals surface area contributed by atoms with E-state index in [4.69, 9.17) is 14.2 Å². The standard InChI is InChI=1S/C29H31N3O4/c1-34-20-11-9-19(10-12-20)27-28-22(21-6-4-5-7-23(21)31-28)17-24(32-27)29(33)30-15-14-18-8-13-25(35-2)26(16-18)36-3/h4-13,16,24,27,31-32H,14-15,17H2,1-3H3,(H,30,33)/t24-,27+/m0/s1. The van der Waals surface area contributed by atoms with Gasteiger partial charge in [0, 0.05) is 23.1 Å². The van der Waals surface area contributed by atoms with Crippen LogP contribution in [0.4, 0.5) is 0 Å². The number of carbonyl (C=O) groups is 1. The summed E-state index contributed by atoms with van der Waals surface area (Å²) in [4.78, 5) is 16.9. The molecule has 0 spiro atoms. The number of ether oxygens (including phenoxy) is 3. The molecule has 1 aromatic heterocycles. The molecule has 2 heterocycles. The van der Waals surface area contributed by atoms with Gasteiger partial charge in [0.25, 0.3) is 0 Å². The fourth-order valence-corrected chi connectivity index (χ4v) is 4.95. The molecule has 0 bridgehead atoms. The molecular weight excluding hydrogens is 454 g/mol. The number of para-hydroxylation sites is 1. The lowest BCUT2D eigenvalue weighted by Gasteiger charge is -2.31. The summed E-state index contributed by atoms with van der Waals surface area (Å²) in [5.41, 5.74) is 5.52. The maximum absolute atomic E-state index is 13.3. The molecular formula is C29H31N3O4. The van der Waals surface area contributed by atoms with Crippen LogP contribution in [-0.4, -0.2) is 44.8 Å². The number of rotatable bonds is 8. The minimum atomic E-state index is -0.353. The van der Waals surface area contributed by atoms with Crippen molar-refractivity contribution in [2.24, 2.45) is 0 Å². The van der Waals surface area contributed by atoms with Crippen molar-refractivity contribution >= 4 is 16.8 Å². The molecule has 3 N–H and O–H groups in total. The van der Waals surface area contributed by atoms with Crippen LogP contribution in [0.25, 0.3) is 10.9 Å². The van der Waals surface area contributed by atoms with E-state index in [2.05, 4.69) is 27.8 Å². The third kappa shape index (κ3) is 4.62. The molecule has 0 fully saturated rings. The lowest BCUT2D eigenvalue weighted by molar-refractivity contribution is -0.123. The first kappa shape index (κ1) is 23.8. The van der Waals surface area contributed by atoms with E-state index in [0.717, 1.165) is 33.5 Å². The van der Waals surface area contributed by atoms with E-state index in [1.807, 2.05) is 54.6 Å². The van der Waals surface area contributed by atoms with Gasteiger partial charge in [-0.25, -0.2) is 0 Å². The molecule has 5 rings (SSSR count). The van der Waals surface area contributed by atoms with Crippen LogP contribution in [0.1, 0.15) is 28.4 Å². The quantitative estimate of drug-likeness (QED) is 0.349. The largest absolute Gasteiger partial charge is 0.497 e. The van der Waals surface area contributed by atoms with Crippen LogP contribution in [0.3, 0.4) is 0 Å². The number of H-pyrrole nitrogens is 1. The molecule has 3 aromatic carbocycles. The number of fused-ring (bicyclic) bond motifs is 3. The van der Waals surface area contributed by atoms with Crippen LogP contribution < -0.4 is 24.8 Å². The SMILES string of the molecule is COc1ccc([C@H]2N[C@H](C(=O)NCCc3ccc(OC)c(OC)c3)Cc3c2[nH]c2ccccc32)cc1. The summed E-state index contributed by atoms with van der Waals surface area (Å²) in [7, 11) is 4.90. The summed E-state index contributed by atoms with van der Waals surface area (Å²) >= 11 is 0. The molecule has 0 saturated heterocycles. The third-order valence-corrected chi connectivity index (χ3v) is 6.84. The summed E-state index contributed by atoms with van der Waals surface area (Å²) < 4.78 is 16.0. The molecule has 0 radical (unpaired) electrons. The summed E-state index contributed by atoms with van der Waals surface area (Å²) in [6.45, 7) is 0.528. The fraction of sp³-hybridized carbons (Fsp3) is 0.276. The zero-order valence-electron chi connectivity index (χ0n) is 20.8. The molecule has 4 aromatic rings. The van der Waals surface area contributed by atoms with Crippen molar-refractivity contribution in [3.05, 3.63) is 89.1 Å². The maximum Gasteiger partial charge on any atom is 0.237 e. The summed E-state index contributed by atoms with van der Waals surface area (Å²) in [6.07, 6.45) is 1.31. The van der Waals surface area contributed by atoms with Crippen LogP contribution in [0.5, 0.6) is 17.2 Å². The first-order chi connectivity index (χ1) is 17.6. The van der Waals surface area contributed by atoms with Crippen molar-refractivity contribution in [3.8, 4) is 17.2 Å². The lowest BCUT2D eigenvalue weighted by atomic mass is 9.90. The Kier molecular flexibility index (Phi) is 6.82. The lowest BCUT2D eigenvalue weighted by Crippen LogP contribution is -2.50. The minimum Gasteiger partial charge on any atom is -0.497 e. The molecule has 1 aliphatic heterocycles. The van der Waals surface area contributed by atoms with Gasteiger partial charge < -0.3 is 24.5 Å². The highest BCUT2D eigenvalue weighted by Gasteiger charge is 2.33. The number of benzene rings is 3. The number of nitrogens with one attached hydrogen (secondary N) is 3. The highest BCUT2D eigenvalue weighted by atomic mass is 16.5. The highest BCUT2D eigenvalue weighted by molar-refractivity contribution is 5.88. The van der Waals surface area contributed by atoms with Gasteiger partial charge in [0.1, 0.15) is 5.75 Å². The Hall–Kier alpha value is -3.97. The van der Waals surface area contributed by atoms with Crippen molar-refractivity contribution in [1.82, 2.24) is 15.6 Å². The van der Waals surface area contributed by atoms with Crippen LogP contribution in [0.2, 0.25) is 0 Å². The number of carbonyl (C=O) groups excluding carboxylic acids is 1. The van der Waals surface area contributed by atoms with Crippen molar-refractivity contribution in [2.75, 3.05) is 27.9 Å². The van der Waals surface area contributed by atoms with E-state index in [0.29, 0.717) is 30.9 Å². The van der Waals surface area contributed by atoms with Gasteiger partial charge in [-0.05, 0) is 59.9 Å². The van der Waals surface area contributed by atoms with E-state index in [1.165, 1.54) is 5.56 Å². The van der Waals surface area contributed by atoms with E-state index >= 15 is 0 Å². The van der Waals surface area contributed by atoms with Gasteiger partial charge in [-0.15, -0.1) is 0 Å². The molecule has 2 atom stereocenters. The smallest absolute Gasteiger partial charge is 0.237 e. The molecule has 0 unspecified atom stereocenters. The Balaban J connectivity index is 1.34. The number of hydrogen-bond donors (Lipinski definition) is 3. The van der Waals surface area contributed by atoms with Gasteiger partial charge in [-0.1, -0.05) is 36.4 Å². The maximum atomic E-state index is 13.3. The number of aromatic amines is 1. The topological polar surface area (TPSA) is 84.6 Å². The van der Waals surface area contributed by atoms with Gasteiger partial charge in [0.15, 0.2) is 11.5 Å². The molecule has 7 heteroatoms. The molecule has 36 heavy (non-hydrogen) atoms. The third-order valence-electron chi connectivity index (χ3n) is 6.84. The Morgan fingerprint density at radius 3 is 2.47 bits per heavy atom. The molecule has 0 aliphatic carbocycles. The van der Waals surface area contributed by atoms with E-state index in [-0.39, 0.29) is 18.0 Å². The average molecular weight is 486 g/mol. The Morgan fingerprint density at radius 1 is 0.944 bits per heavy atom. The zero-order valence-corrected chi connectivity index (χ0v) is 20.8. The van der Waals surface area contributed by atoms with Crippen molar-refractivity contribution in [2.45, 2.75) is 24.9 Å². The Labute approximate surface area is 210 Å². The van der Waals surface area contributed by atoms with Crippen LogP contribution in [0, 0.1) is 0 Å². The second-order valence-corrected chi connectivity index (χ2v) is 8.92. The second kappa shape index (κ2) is 10.3. The predicted octanol–water partition coefficient (Wildman–Crippen LogP) is 4.16. The molecule has 1 amide bonds. The van der Waals surface area contributed by atoms with E-state index < -0.39 is 0 Å². The summed E-state index contributed by atoms with van der Waals surface area (Å²) in [5, 5.41) is 7.87. The summed E-state index contributed by atoms with van der Waals surface area (Å²) in [5.74, 6) is 2.17. The number of aromatic nitrogens is 1. The minimum absolute atomic E-state index is 0.00933. The van der Waals surface area contributed by atoms with Gasteiger partial charge in [0.05, 0.1) is 33.4 Å².